The van der Waals surface area contributed by atoms with E-state index < -0.39 is 6.04 Å². The van der Waals surface area contributed by atoms with E-state index >= 15 is 0 Å². The van der Waals surface area contributed by atoms with Gasteiger partial charge in [-0.25, -0.2) is 4.79 Å². The summed E-state index contributed by atoms with van der Waals surface area (Å²) in [7, 11) is 1.35. The lowest BCUT2D eigenvalue weighted by molar-refractivity contribution is -0.145. The maximum Gasteiger partial charge on any atom is 0.328 e. The molecule has 1 amide bonds. The largest absolute Gasteiger partial charge is 0.467 e. The Labute approximate surface area is 126 Å². The number of amides is 1. The van der Waals surface area contributed by atoms with Crippen LogP contribution in [0.1, 0.15) is 44.6 Å². The summed E-state index contributed by atoms with van der Waals surface area (Å²) in [6.07, 6.45) is 5.18. The Morgan fingerprint density at radius 2 is 1.86 bits per heavy atom. The number of methoxy groups -OCH3 is 1. The van der Waals surface area contributed by atoms with Gasteiger partial charge in [0.2, 0.25) is 5.91 Å². The fraction of sp³-hybridized carbons (Fsp3) is 0.529. The van der Waals surface area contributed by atoms with Crippen LogP contribution in [-0.4, -0.2) is 25.0 Å². The lowest BCUT2D eigenvalue weighted by Crippen LogP contribution is -2.42. The molecule has 1 rings (SSSR count). The van der Waals surface area contributed by atoms with Crippen molar-refractivity contribution in [1.82, 2.24) is 5.32 Å². The fourth-order valence-electron chi connectivity index (χ4n) is 2.19. The zero-order valence-electron chi connectivity index (χ0n) is 12.9. The normalized spacial score (nSPS) is 11.7. The Morgan fingerprint density at radius 1 is 1.14 bits per heavy atom. The summed E-state index contributed by atoms with van der Waals surface area (Å²) in [5, 5.41) is 2.78. The zero-order chi connectivity index (χ0) is 15.5. The maximum atomic E-state index is 12.0. The Morgan fingerprint density at radius 3 is 2.48 bits per heavy atom. The summed E-state index contributed by atoms with van der Waals surface area (Å²) in [5.74, 6) is -0.514. The number of carbonyl (C=O) groups is 2. The minimum absolute atomic E-state index is 0.146. The molecule has 0 saturated heterocycles. The highest BCUT2D eigenvalue weighted by atomic mass is 16.5. The van der Waals surface area contributed by atoms with Crippen LogP contribution >= 0.6 is 0 Å². The van der Waals surface area contributed by atoms with Crippen LogP contribution in [0.25, 0.3) is 0 Å². The molecular formula is C17H25NO3. The van der Waals surface area contributed by atoms with Gasteiger partial charge in [0.25, 0.3) is 0 Å². The van der Waals surface area contributed by atoms with Crippen molar-refractivity contribution in [2.45, 2.75) is 51.5 Å². The van der Waals surface area contributed by atoms with Gasteiger partial charge in [-0.15, -0.1) is 0 Å². The van der Waals surface area contributed by atoms with E-state index in [1.807, 2.05) is 30.3 Å². The number of rotatable bonds is 9. The summed E-state index contributed by atoms with van der Waals surface area (Å²) in [6, 6.07) is 8.95. The zero-order valence-corrected chi connectivity index (χ0v) is 12.9. The first-order valence-electron chi connectivity index (χ1n) is 7.58. The van der Waals surface area contributed by atoms with E-state index in [0.717, 1.165) is 31.2 Å². The van der Waals surface area contributed by atoms with Gasteiger partial charge in [-0.1, -0.05) is 62.9 Å². The van der Waals surface area contributed by atoms with Gasteiger partial charge in [0.05, 0.1) is 13.5 Å². The van der Waals surface area contributed by atoms with Gasteiger partial charge < -0.3 is 10.1 Å². The van der Waals surface area contributed by atoms with E-state index in [9.17, 15) is 9.59 Å². The first-order chi connectivity index (χ1) is 10.2. The van der Waals surface area contributed by atoms with Crippen molar-refractivity contribution >= 4 is 11.9 Å². The lowest BCUT2D eigenvalue weighted by atomic mass is 10.1. The van der Waals surface area contributed by atoms with E-state index in [0.29, 0.717) is 6.42 Å². The van der Waals surface area contributed by atoms with Crippen LogP contribution in [0.3, 0.4) is 0 Å². The van der Waals surface area contributed by atoms with Crippen molar-refractivity contribution in [2.75, 3.05) is 7.11 Å². The highest BCUT2D eigenvalue weighted by Crippen LogP contribution is 2.08. The summed E-state index contributed by atoms with van der Waals surface area (Å²) in [6.45, 7) is 2.14. The molecule has 0 aliphatic heterocycles. The Kier molecular flexibility index (Phi) is 8.17. The smallest absolute Gasteiger partial charge is 0.328 e. The highest BCUT2D eigenvalue weighted by Gasteiger charge is 2.20. The minimum atomic E-state index is -0.539. The molecule has 0 radical (unpaired) electrons. The average Bonchev–Trinajstić information content (AvgIpc) is 2.50. The van der Waals surface area contributed by atoms with Crippen molar-refractivity contribution in [3.05, 3.63) is 35.9 Å². The van der Waals surface area contributed by atoms with Crippen LogP contribution < -0.4 is 5.32 Å². The van der Waals surface area contributed by atoms with E-state index in [1.54, 1.807) is 0 Å². The van der Waals surface area contributed by atoms with Gasteiger partial charge in [0.15, 0.2) is 0 Å². The van der Waals surface area contributed by atoms with Crippen LogP contribution in [0, 0.1) is 0 Å². The molecule has 0 aliphatic rings. The van der Waals surface area contributed by atoms with Gasteiger partial charge >= 0.3 is 5.97 Å². The number of hydrogen-bond acceptors (Lipinski definition) is 3. The molecule has 21 heavy (non-hydrogen) atoms. The molecule has 0 fully saturated rings. The molecule has 0 heterocycles. The summed E-state index contributed by atoms with van der Waals surface area (Å²) in [5.41, 5.74) is 0.935. The fourth-order valence-corrected chi connectivity index (χ4v) is 2.19. The summed E-state index contributed by atoms with van der Waals surface area (Å²) >= 11 is 0. The maximum absolute atomic E-state index is 12.0. The molecular weight excluding hydrogens is 266 g/mol. The topological polar surface area (TPSA) is 55.4 Å². The number of esters is 1. The predicted molar refractivity (Wildman–Crippen MR) is 82.9 cm³/mol. The number of carbonyl (C=O) groups excluding carboxylic acids is 2. The van der Waals surface area contributed by atoms with Gasteiger partial charge in [-0.2, -0.15) is 0 Å². The van der Waals surface area contributed by atoms with Crippen LogP contribution in [0.5, 0.6) is 0 Å². The molecule has 0 aromatic heterocycles. The first-order valence-corrected chi connectivity index (χ1v) is 7.58. The SMILES string of the molecule is CCCCCC[C@@H](NC(=O)Cc1ccccc1)C(=O)OC. The minimum Gasteiger partial charge on any atom is -0.467 e. The van der Waals surface area contributed by atoms with E-state index in [-0.39, 0.29) is 18.3 Å². The highest BCUT2D eigenvalue weighted by molar-refractivity contribution is 5.85. The first kappa shape index (κ1) is 17.2. The predicted octanol–water partition coefficient (Wildman–Crippen LogP) is 2.86. The molecule has 0 bridgehead atoms. The molecule has 0 aliphatic carbocycles. The van der Waals surface area contributed by atoms with E-state index in [4.69, 9.17) is 4.74 Å². The summed E-state index contributed by atoms with van der Waals surface area (Å²) in [4.78, 5) is 23.7. The molecule has 1 aromatic carbocycles. The van der Waals surface area contributed by atoms with Gasteiger partial charge in [-0.05, 0) is 12.0 Å². The second-order valence-corrected chi connectivity index (χ2v) is 5.15. The van der Waals surface area contributed by atoms with E-state index in [1.165, 1.54) is 7.11 Å². The van der Waals surface area contributed by atoms with Crippen LogP contribution in [-0.2, 0) is 20.7 Å². The second kappa shape index (κ2) is 9.97. The number of nitrogens with one attached hydrogen (secondary N) is 1. The third-order valence-electron chi connectivity index (χ3n) is 3.37. The molecule has 0 spiro atoms. The number of ether oxygens (including phenoxy) is 1. The van der Waals surface area contributed by atoms with Gasteiger partial charge in [-0.3, -0.25) is 4.79 Å². The lowest BCUT2D eigenvalue weighted by Gasteiger charge is -2.16. The van der Waals surface area contributed by atoms with Crippen LogP contribution in [0.4, 0.5) is 0 Å². The van der Waals surface area contributed by atoms with Crippen molar-refractivity contribution in [3.63, 3.8) is 0 Å². The van der Waals surface area contributed by atoms with Crippen molar-refractivity contribution in [2.24, 2.45) is 0 Å². The van der Waals surface area contributed by atoms with E-state index in [2.05, 4.69) is 12.2 Å². The quantitative estimate of drug-likeness (QED) is 0.562. The number of unbranched alkanes of at least 4 members (excludes halogenated alkanes) is 3. The molecule has 116 valence electrons. The average molecular weight is 291 g/mol. The van der Waals surface area contributed by atoms with Crippen molar-refractivity contribution in [1.29, 1.82) is 0 Å². The van der Waals surface area contributed by atoms with Crippen molar-refractivity contribution < 1.29 is 14.3 Å². The molecule has 1 aromatic rings. The van der Waals surface area contributed by atoms with Crippen LogP contribution in [0.15, 0.2) is 30.3 Å². The Bertz CT molecular complexity index is 431. The molecule has 1 N–H and O–H groups in total. The monoisotopic (exact) mass is 291 g/mol. The second-order valence-electron chi connectivity index (χ2n) is 5.15. The molecule has 4 nitrogen and oxygen atoms in total. The molecule has 0 unspecified atom stereocenters. The van der Waals surface area contributed by atoms with Gasteiger partial charge in [0, 0.05) is 0 Å². The molecule has 4 heteroatoms. The standard InChI is InChI=1S/C17H25NO3/c1-3-4-5-9-12-15(17(20)21-2)18-16(19)13-14-10-7-6-8-11-14/h6-8,10-11,15H,3-5,9,12-13H2,1-2H3,(H,18,19)/t15-/m1/s1. The molecule has 0 saturated carbocycles. The third kappa shape index (κ3) is 6.93. The molecule has 1 atom stereocenters. The van der Waals surface area contributed by atoms with Crippen LogP contribution in [0.2, 0.25) is 0 Å². The summed E-state index contributed by atoms with van der Waals surface area (Å²) < 4.78 is 4.77. The number of benzene rings is 1. The Balaban J connectivity index is 2.47. The number of hydrogen-bond donors (Lipinski definition) is 1. The third-order valence-corrected chi connectivity index (χ3v) is 3.37. The van der Waals surface area contributed by atoms with Crippen molar-refractivity contribution in [3.8, 4) is 0 Å². The Hall–Kier alpha value is -1.84. The van der Waals surface area contributed by atoms with Gasteiger partial charge in [0.1, 0.15) is 6.04 Å².